The number of methoxy groups -OCH3 is 1. The summed E-state index contributed by atoms with van der Waals surface area (Å²) in [6.07, 6.45) is 4.20. The predicted molar refractivity (Wildman–Crippen MR) is 82.4 cm³/mol. The Morgan fingerprint density at radius 1 is 1.42 bits per heavy atom. The minimum Gasteiger partial charge on any atom is -0.467 e. The van der Waals surface area contributed by atoms with Gasteiger partial charge in [0.1, 0.15) is 5.76 Å². The third kappa shape index (κ3) is 3.15. The number of nitrogens with one attached hydrogen (secondary N) is 1. The van der Waals surface area contributed by atoms with Crippen LogP contribution in [0.1, 0.15) is 19.1 Å². The summed E-state index contributed by atoms with van der Waals surface area (Å²) in [6.45, 7) is 2.16. The molecule has 2 heterocycles. The minimum atomic E-state index is -0.779. The lowest BCUT2D eigenvalue weighted by Crippen LogP contribution is -2.40. The standard InChI is InChI=1S/C17H19NO6/c1-10-5-6-12-13(15(19)21-2)9-23-16(14(10)12)24-17(20)18-8-11-4-3-7-22-11/h3-5,7,9,12,14,16H,6,8H2,1-2H3,(H,18,20). The summed E-state index contributed by atoms with van der Waals surface area (Å²) >= 11 is 0. The lowest BCUT2D eigenvalue weighted by atomic mass is 9.84. The van der Waals surface area contributed by atoms with Crippen molar-refractivity contribution in [3.63, 3.8) is 0 Å². The number of hydrogen-bond acceptors (Lipinski definition) is 6. The molecule has 7 nitrogen and oxygen atoms in total. The number of carbonyl (C=O) groups is 2. The first-order valence-electron chi connectivity index (χ1n) is 7.67. The molecule has 0 aromatic carbocycles. The van der Waals surface area contributed by atoms with Gasteiger partial charge in [0.25, 0.3) is 6.29 Å². The molecular weight excluding hydrogens is 314 g/mol. The molecule has 0 fully saturated rings. The molecule has 1 aromatic heterocycles. The smallest absolute Gasteiger partial charge is 0.410 e. The van der Waals surface area contributed by atoms with Crippen molar-refractivity contribution in [2.45, 2.75) is 26.2 Å². The third-order valence-corrected chi connectivity index (χ3v) is 4.31. The van der Waals surface area contributed by atoms with Gasteiger partial charge in [-0.25, -0.2) is 9.59 Å². The molecule has 1 aliphatic heterocycles. The van der Waals surface area contributed by atoms with E-state index in [9.17, 15) is 9.59 Å². The second kappa shape index (κ2) is 6.82. The maximum atomic E-state index is 12.0. The Kier molecular flexibility index (Phi) is 4.59. The Labute approximate surface area is 139 Å². The third-order valence-electron chi connectivity index (χ3n) is 4.31. The number of hydrogen-bond donors (Lipinski definition) is 1. The van der Waals surface area contributed by atoms with E-state index in [-0.39, 0.29) is 18.4 Å². The minimum absolute atomic E-state index is 0.103. The zero-order valence-corrected chi connectivity index (χ0v) is 13.5. The second-order valence-electron chi connectivity index (χ2n) is 5.72. The van der Waals surface area contributed by atoms with Gasteiger partial charge in [-0.3, -0.25) is 0 Å². The molecule has 3 rings (SSSR count). The van der Waals surface area contributed by atoms with E-state index in [0.717, 1.165) is 5.57 Å². The first kappa shape index (κ1) is 16.2. The highest BCUT2D eigenvalue weighted by Gasteiger charge is 2.44. The van der Waals surface area contributed by atoms with Gasteiger partial charge >= 0.3 is 12.1 Å². The highest BCUT2D eigenvalue weighted by Crippen LogP contribution is 2.43. The van der Waals surface area contributed by atoms with Crippen LogP contribution in [-0.2, 0) is 25.5 Å². The molecule has 0 bridgehead atoms. The molecule has 1 N–H and O–H groups in total. The van der Waals surface area contributed by atoms with E-state index >= 15 is 0 Å². The van der Waals surface area contributed by atoms with Gasteiger partial charge in [0.2, 0.25) is 0 Å². The van der Waals surface area contributed by atoms with Gasteiger partial charge in [-0.2, -0.15) is 0 Å². The fourth-order valence-electron chi connectivity index (χ4n) is 3.09. The van der Waals surface area contributed by atoms with Crippen molar-refractivity contribution in [2.24, 2.45) is 11.8 Å². The topological polar surface area (TPSA) is 87.0 Å². The van der Waals surface area contributed by atoms with Crippen LogP contribution in [0.3, 0.4) is 0 Å². The van der Waals surface area contributed by atoms with E-state index in [1.165, 1.54) is 19.6 Å². The molecule has 0 radical (unpaired) electrons. The van der Waals surface area contributed by atoms with Crippen LogP contribution in [0, 0.1) is 11.8 Å². The molecule has 128 valence electrons. The Hall–Kier alpha value is -2.70. The number of alkyl carbamates (subject to hydrolysis) is 1. The van der Waals surface area contributed by atoms with Crippen LogP contribution in [0.15, 0.2) is 46.3 Å². The SMILES string of the molecule is COC(=O)C1=COC(OC(=O)NCc2ccco2)C2C(C)=CCC12. The van der Waals surface area contributed by atoms with Crippen molar-refractivity contribution >= 4 is 12.1 Å². The van der Waals surface area contributed by atoms with Crippen LogP contribution >= 0.6 is 0 Å². The molecule has 1 aromatic rings. The quantitative estimate of drug-likeness (QED) is 0.673. The molecule has 2 aliphatic rings. The van der Waals surface area contributed by atoms with Crippen LogP contribution in [0.2, 0.25) is 0 Å². The Morgan fingerprint density at radius 2 is 2.25 bits per heavy atom. The van der Waals surface area contributed by atoms with E-state index in [1.807, 2.05) is 13.0 Å². The number of furan rings is 1. The summed E-state index contributed by atoms with van der Waals surface area (Å²) in [5, 5.41) is 2.61. The summed E-state index contributed by atoms with van der Waals surface area (Å²) in [5.41, 5.74) is 1.49. The maximum absolute atomic E-state index is 12.0. The summed E-state index contributed by atoms with van der Waals surface area (Å²) in [4.78, 5) is 23.8. The molecule has 0 spiro atoms. The van der Waals surface area contributed by atoms with Crippen molar-refractivity contribution in [1.82, 2.24) is 5.32 Å². The van der Waals surface area contributed by atoms with E-state index in [1.54, 1.807) is 12.1 Å². The first-order valence-corrected chi connectivity index (χ1v) is 7.67. The molecule has 3 unspecified atom stereocenters. The fraction of sp³-hybridized carbons (Fsp3) is 0.412. The van der Waals surface area contributed by atoms with E-state index in [0.29, 0.717) is 17.8 Å². The van der Waals surface area contributed by atoms with E-state index < -0.39 is 18.4 Å². The number of amides is 1. The van der Waals surface area contributed by atoms with Gasteiger partial charge in [-0.1, -0.05) is 11.6 Å². The average Bonchev–Trinajstić information content (AvgIpc) is 3.23. The molecule has 7 heteroatoms. The number of allylic oxidation sites excluding steroid dienone is 1. The van der Waals surface area contributed by atoms with Gasteiger partial charge in [0, 0.05) is 5.92 Å². The monoisotopic (exact) mass is 333 g/mol. The van der Waals surface area contributed by atoms with Crippen LogP contribution in [0.4, 0.5) is 4.79 Å². The average molecular weight is 333 g/mol. The number of fused-ring (bicyclic) bond motifs is 1. The van der Waals surface area contributed by atoms with E-state index in [4.69, 9.17) is 18.6 Å². The fourth-order valence-corrected chi connectivity index (χ4v) is 3.09. The zero-order valence-electron chi connectivity index (χ0n) is 13.5. The molecule has 0 saturated heterocycles. The van der Waals surface area contributed by atoms with Gasteiger partial charge in [0.05, 0.1) is 37.7 Å². The van der Waals surface area contributed by atoms with Gasteiger partial charge < -0.3 is 23.9 Å². The number of rotatable bonds is 4. The van der Waals surface area contributed by atoms with Gasteiger partial charge in [-0.05, 0) is 25.5 Å². The highest BCUT2D eigenvalue weighted by atomic mass is 16.7. The lowest BCUT2D eigenvalue weighted by molar-refractivity contribution is -0.141. The molecule has 24 heavy (non-hydrogen) atoms. The molecule has 1 aliphatic carbocycles. The molecule has 0 saturated carbocycles. The Morgan fingerprint density at radius 3 is 2.96 bits per heavy atom. The normalized spacial score (nSPS) is 25.0. The molecule has 1 amide bonds. The van der Waals surface area contributed by atoms with Crippen molar-refractivity contribution in [1.29, 1.82) is 0 Å². The summed E-state index contributed by atoms with van der Waals surface area (Å²) in [5.74, 6) is -0.0967. The number of carbonyl (C=O) groups excluding carboxylic acids is 2. The Bertz CT molecular complexity index is 675. The lowest BCUT2D eigenvalue weighted by Gasteiger charge is -2.33. The summed E-state index contributed by atoms with van der Waals surface area (Å²) < 4.78 is 20.8. The van der Waals surface area contributed by atoms with Crippen LogP contribution < -0.4 is 5.32 Å². The largest absolute Gasteiger partial charge is 0.467 e. The second-order valence-corrected chi connectivity index (χ2v) is 5.72. The van der Waals surface area contributed by atoms with Crippen molar-refractivity contribution in [3.8, 4) is 0 Å². The van der Waals surface area contributed by atoms with Crippen LogP contribution in [0.25, 0.3) is 0 Å². The summed E-state index contributed by atoms with van der Waals surface area (Å²) in [6, 6.07) is 3.49. The number of esters is 1. The molecular formula is C17H19NO6. The van der Waals surface area contributed by atoms with Crippen molar-refractivity contribution in [3.05, 3.63) is 47.6 Å². The maximum Gasteiger partial charge on any atom is 0.410 e. The predicted octanol–water partition coefficient (Wildman–Crippen LogP) is 2.50. The first-order chi connectivity index (χ1) is 11.6. The van der Waals surface area contributed by atoms with Gasteiger partial charge in [0.15, 0.2) is 0 Å². The Balaban J connectivity index is 1.65. The van der Waals surface area contributed by atoms with Crippen LogP contribution in [-0.4, -0.2) is 25.5 Å². The van der Waals surface area contributed by atoms with Crippen molar-refractivity contribution < 1.29 is 28.2 Å². The molecule has 3 atom stereocenters. The van der Waals surface area contributed by atoms with Crippen LogP contribution in [0.5, 0.6) is 0 Å². The zero-order chi connectivity index (χ0) is 17.1. The van der Waals surface area contributed by atoms with E-state index in [2.05, 4.69) is 5.32 Å². The highest BCUT2D eigenvalue weighted by molar-refractivity contribution is 5.89. The van der Waals surface area contributed by atoms with Gasteiger partial charge in [-0.15, -0.1) is 0 Å². The summed E-state index contributed by atoms with van der Waals surface area (Å²) in [7, 11) is 1.33. The number of ether oxygens (including phenoxy) is 3. The van der Waals surface area contributed by atoms with Crippen molar-refractivity contribution in [2.75, 3.05) is 7.11 Å².